The molecule has 18 heavy (non-hydrogen) atoms. The molecule has 1 aliphatic heterocycles. The normalized spacial score (nSPS) is 16.1. The van der Waals surface area contributed by atoms with Gasteiger partial charge in [0.05, 0.1) is 0 Å². The Hall–Kier alpha value is -1.14. The number of halogens is 1. The quantitative estimate of drug-likeness (QED) is 0.850. The Morgan fingerprint density at radius 3 is 2.22 bits per heavy atom. The fraction of sp³-hybridized carbons (Fsp3) is 0.333. The standard InChI is InChI=1S/C12H13BrN4S/c13-11-14-15-12(18-11)17-8-6-16(7-9-17)10-4-2-1-3-5-10/h1-5H,6-9H2. The van der Waals surface area contributed by atoms with E-state index in [1.807, 2.05) is 0 Å². The number of hydrogen-bond acceptors (Lipinski definition) is 5. The first-order chi connectivity index (χ1) is 8.83. The number of aromatic nitrogens is 2. The number of hydrogen-bond donors (Lipinski definition) is 0. The molecule has 0 spiro atoms. The molecule has 0 N–H and O–H groups in total. The van der Waals surface area contributed by atoms with Gasteiger partial charge in [0.25, 0.3) is 0 Å². The molecule has 0 bridgehead atoms. The summed E-state index contributed by atoms with van der Waals surface area (Å²) in [5, 5.41) is 9.17. The summed E-state index contributed by atoms with van der Waals surface area (Å²) in [5.41, 5.74) is 1.30. The summed E-state index contributed by atoms with van der Waals surface area (Å²) in [6.07, 6.45) is 0. The molecule has 6 heteroatoms. The summed E-state index contributed by atoms with van der Waals surface area (Å²) in [6, 6.07) is 10.6. The van der Waals surface area contributed by atoms with Crippen molar-refractivity contribution in [2.75, 3.05) is 36.0 Å². The molecule has 1 aromatic heterocycles. The molecule has 3 rings (SSSR count). The van der Waals surface area contributed by atoms with Crippen LogP contribution in [0.2, 0.25) is 0 Å². The first-order valence-electron chi connectivity index (χ1n) is 5.87. The molecule has 0 radical (unpaired) electrons. The lowest BCUT2D eigenvalue weighted by Crippen LogP contribution is -2.46. The topological polar surface area (TPSA) is 32.3 Å². The lowest BCUT2D eigenvalue weighted by atomic mass is 10.2. The van der Waals surface area contributed by atoms with Crippen LogP contribution >= 0.6 is 27.3 Å². The van der Waals surface area contributed by atoms with Gasteiger partial charge in [-0.05, 0) is 28.1 Å². The second-order valence-corrected chi connectivity index (χ2v) is 6.38. The van der Waals surface area contributed by atoms with Gasteiger partial charge in [0.15, 0.2) is 3.92 Å². The maximum Gasteiger partial charge on any atom is 0.209 e. The smallest absolute Gasteiger partial charge is 0.209 e. The molecule has 2 heterocycles. The first-order valence-corrected chi connectivity index (χ1v) is 7.48. The molecule has 4 nitrogen and oxygen atoms in total. The number of rotatable bonds is 2. The lowest BCUT2D eigenvalue weighted by Gasteiger charge is -2.35. The van der Waals surface area contributed by atoms with E-state index in [9.17, 15) is 0 Å². The largest absolute Gasteiger partial charge is 0.368 e. The van der Waals surface area contributed by atoms with Gasteiger partial charge >= 0.3 is 0 Å². The highest BCUT2D eigenvalue weighted by atomic mass is 79.9. The second kappa shape index (κ2) is 5.24. The zero-order valence-electron chi connectivity index (χ0n) is 9.79. The van der Waals surface area contributed by atoms with Gasteiger partial charge in [-0.15, -0.1) is 10.2 Å². The number of nitrogens with zero attached hydrogens (tertiary/aromatic N) is 4. The van der Waals surface area contributed by atoms with Crippen molar-refractivity contribution in [2.45, 2.75) is 0 Å². The Morgan fingerprint density at radius 1 is 0.944 bits per heavy atom. The van der Waals surface area contributed by atoms with Crippen LogP contribution in [0.4, 0.5) is 10.8 Å². The van der Waals surface area contributed by atoms with E-state index in [-0.39, 0.29) is 0 Å². The Morgan fingerprint density at radius 2 is 1.61 bits per heavy atom. The van der Waals surface area contributed by atoms with Crippen molar-refractivity contribution in [2.24, 2.45) is 0 Å². The second-order valence-electron chi connectivity index (χ2n) is 4.15. The summed E-state index contributed by atoms with van der Waals surface area (Å²) in [5.74, 6) is 0. The highest BCUT2D eigenvalue weighted by Crippen LogP contribution is 2.25. The van der Waals surface area contributed by atoms with Gasteiger partial charge < -0.3 is 9.80 Å². The average Bonchev–Trinajstić information content (AvgIpc) is 2.87. The van der Waals surface area contributed by atoms with E-state index in [4.69, 9.17) is 0 Å². The molecule has 0 aliphatic carbocycles. The summed E-state index contributed by atoms with van der Waals surface area (Å²) in [6.45, 7) is 4.05. The maximum absolute atomic E-state index is 4.17. The lowest BCUT2D eigenvalue weighted by molar-refractivity contribution is 0.649. The predicted octanol–water partition coefficient (Wildman–Crippen LogP) is 2.63. The van der Waals surface area contributed by atoms with Crippen molar-refractivity contribution in [1.82, 2.24) is 10.2 Å². The van der Waals surface area contributed by atoms with E-state index < -0.39 is 0 Å². The van der Waals surface area contributed by atoms with E-state index in [0.29, 0.717) is 0 Å². The van der Waals surface area contributed by atoms with Crippen LogP contribution in [0.3, 0.4) is 0 Å². The molecule has 1 saturated heterocycles. The highest BCUT2D eigenvalue weighted by molar-refractivity contribution is 9.11. The summed E-state index contributed by atoms with van der Waals surface area (Å²) < 4.78 is 0.850. The Bertz CT molecular complexity index is 508. The van der Waals surface area contributed by atoms with Crippen molar-refractivity contribution in [3.63, 3.8) is 0 Å². The fourth-order valence-corrected chi connectivity index (χ4v) is 3.26. The van der Waals surface area contributed by atoms with E-state index in [0.717, 1.165) is 35.2 Å². The van der Waals surface area contributed by atoms with Crippen molar-refractivity contribution < 1.29 is 0 Å². The number of anilines is 2. The maximum atomic E-state index is 4.17. The van der Waals surface area contributed by atoms with Crippen molar-refractivity contribution in [3.05, 3.63) is 34.2 Å². The highest BCUT2D eigenvalue weighted by Gasteiger charge is 2.19. The van der Waals surface area contributed by atoms with Crippen molar-refractivity contribution >= 4 is 38.1 Å². The van der Waals surface area contributed by atoms with Crippen LogP contribution in [0.5, 0.6) is 0 Å². The SMILES string of the molecule is Brc1nnc(N2CCN(c3ccccc3)CC2)s1. The van der Waals surface area contributed by atoms with E-state index in [1.165, 1.54) is 5.69 Å². The fourth-order valence-electron chi connectivity index (χ4n) is 2.12. The van der Waals surface area contributed by atoms with Crippen LogP contribution in [0, 0.1) is 0 Å². The number of benzene rings is 1. The summed E-state index contributed by atoms with van der Waals surface area (Å²) >= 11 is 4.95. The zero-order chi connectivity index (χ0) is 12.4. The van der Waals surface area contributed by atoms with Crippen molar-refractivity contribution in [3.8, 4) is 0 Å². The molecule has 1 aliphatic rings. The minimum absolute atomic E-state index is 0.850. The molecule has 1 aromatic carbocycles. The van der Waals surface area contributed by atoms with E-state index >= 15 is 0 Å². The van der Waals surface area contributed by atoms with Crippen LogP contribution in [0.15, 0.2) is 34.2 Å². The molecule has 0 unspecified atom stereocenters. The number of para-hydroxylation sites is 1. The molecule has 0 atom stereocenters. The molecule has 0 amide bonds. The van der Waals surface area contributed by atoms with Gasteiger partial charge in [-0.2, -0.15) is 0 Å². The third kappa shape index (κ3) is 2.49. The minimum Gasteiger partial charge on any atom is -0.368 e. The molecular weight excluding hydrogens is 312 g/mol. The van der Waals surface area contributed by atoms with Crippen LogP contribution in [-0.4, -0.2) is 36.4 Å². The predicted molar refractivity (Wildman–Crippen MR) is 78.5 cm³/mol. The molecule has 0 saturated carbocycles. The Labute approximate surface area is 118 Å². The molecule has 2 aromatic rings. The van der Waals surface area contributed by atoms with Gasteiger partial charge in [-0.3, -0.25) is 0 Å². The molecule has 1 fully saturated rings. The summed E-state index contributed by atoms with van der Waals surface area (Å²) in [7, 11) is 0. The summed E-state index contributed by atoms with van der Waals surface area (Å²) in [4.78, 5) is 4.70. The molecular formula is C12H13BrN4S. The van der Waals surface area contributed by atoms with Gasteiger partial charge in [-0.25, -0.2) is 0 Å². The average molecular weight is 325 g/mol. The van der Waals surface area contributed by atoms with Crippen LogP contribution in [0.1, 0.15) is 0 Å². The van der Waals surface area contributed by atoms with Gasteiger partial charge in [0.2, 0.25) is 5.13 Å². The zero-order valence-corrected chi connectivity index (χ0v) is 12.2. The third-order valence-electron chi connectivity index (χ3n) is 3.06. The Balaban J connectivity index is 1.65. The van der Waals surface area contributed by atoms with Crippen molar-refractivity contribution in [1.29, 1.82) is 0 Å². The Kier molecular flexibility index (Phi) is 3.47. The molecule has 94 valence electrons. The number of piperazine rings is 1. The van der Waals surface area contributed by atoms with Crippen LogP contribution < -0.4 is 9.80 Å². The van der Waals surface area contributed by atoms with E-state index in [1.54, 1.807) is 11.3 Å². The monoisotopic (exact) mass is 324 g/mol. The van der Waals surface area contributed by atoms with Gasteiger partial charge in [0, 0.05) is 31.9 Å². The first kappa shape index (κ1) is 11.9. The van der Waals surface area contributed by atoms with E-state index in [2.05, 4.69) is 66.3 Å². The third-order valence-corrected chi connectivity index (χ3v) is 4.48. The van der Waals surface area contributed by atoms with Gasteiger partial charge in [-0.1, -0.05) is 29.5 Å². The minimum atomic E-state index is 0.850. The van der Waals surface area contributed by atoms with Crippen LogP contribution in [0.25, 0.3) is 0 Å². The van der Waals surface area contributed by atoms with Crippen LogP contribution in [-0.2, 0) is 0 Å². The van der Waals surface area contributed by atoms with Gasteiger partial charge in [0.1, 0.15) is 0 Å².